The summed E-state index contributed by atoms with van der Waals surface area (Å²) in [6.07, 6.45) is 1.38. The number of rotatable bonds is 8. The first-order valence-electron chi connectivity index (χ1n) is 10.4. The summed E-state index contributed by atoms with van der Waals surface area (Å²) in [5.74, 6) is 2.76. The van der Waals surface area contributed by atoms with Gasteiger partial charge in [-0.15, -0.1) is 0 Å². The van der Waals surface area contributed by atoms with Gasteiger partial charge in [0.1, 0.15) is 11.5 Å². The SMILES string of the molecule is COc1ccc(CC2COC(=O)C2Cc2ccc(Oc3ccccc3)cc2)cc1OC. The molecule has 3 aromatic rings. The fourth-order valence-electron chi connectivity index (χ4n) is 3.94. The number of methoxy groups -OCH3 is 2. The average molecular weight is 418 g/mol. The van der Waals surface area contributed by atoms with E-state index in [0.717, 1.165) is 29.0 Å². The molecule has 0 radical (unpaired) electrons. The first kappa shape index (κ1) is 20.8. The summed E-state index contributed by atoms with van der Waals surface area (Å²) < 4.78 is 22.0. The lowest BCUT2D eigenvalue weighted by atomic mass is 9.85. The molecule has 1 fully saturated rings. The van der Waals surface area contributed by atoms with Gasteiger partial charge in [0.25, 0.3) is 0 Å². The van der Waals surface area contributed by atoms with Crippen molar-refractivity contribution >= 4 is 5.97 Å². The number of hydrogen-bond donors (Lipinski definition) is 0. The number of esters is 1. The molecular formula is C26H26O5. The molecule has 3 aromatic carbocycles. The lowest BCUT2D eigenvalue weighted by Crippen LogP contribution is -2.20. The van der Waals surface area contributed by atoms with Crippen molar-refractivity contribution in [2.75, 3.05) is 20.8 Å². The highest BCUT2D eigenvalue weighted by molar-refractivity contribution is 5.75. The van der Waals surface area contributed by atoms with Crippen LogP contribution in [0.15, 0.2) is 72.8 Å². The Labute approximate surface area is 182 Å². The Kier molecular flexibility index (Phi) is 6.41. The molecule has 31 heavy (non-hydrogen) atoms. The normalized spacial score (nSPS) is 17.8. The molecule has 1 aliphatic rings. The molecule has 2 atom stereocenters. The molecule has 5 heteroatoms. The van der Waals surface area contributed by atoms with Crippen molar-refractivity contribution in [3.63, 3.8) is 0 Å². The molecule has 2 unspecified atom stereocenters. The quantitative estimate of drug-likeness (QED) is 0.478. The minimum Gasteiger partial charge on any atom is -0.493 e. The summed E-state index contributed by atoms with van der Waals surface area (Å²) >= 11 is 0. The molecule has 160 valence electrons. The summed E-state index contributed by atoms with van der Waals surface area (Å²) in [7, 11) is 3.24. The first-order valence-corrected chi connectivity index (χ1v) is 10.4. The maximum absolute atomic E-state index is 12.4. The van der Waals surface area contributed by atoms with Gasteiger partial charge in [0, 0.05) is 5.92 Å². The largest absolute Gasteiger partial charge is 0.493 e. The van der Waals surface area contributed by atoms with E-state index in [9.17, 15) is 4.79 Å². The second kappa shape index (κ2) is 9.56. The van der Waals surface area contributed by atoms with E-state index in [0.29, 0.717) is 24.5 Å². The number of benzene rings is 3. The van der Waals surface area contributed by atoms with Gasteiger partial charge >= 0.3 is 5.97 Å². The highest BCUT2D eigenvalue weighted by Crippen LogP contribution is 2.33. The summed E-state index contributed by atoms with van der Waals surface area (Å²) in [4.78, 5) is 12.4. The van der Waals surface area contributed by atoms with Gasteiger partial charge in [0.2, 0.25) is 0 Å². The van der Waals surface area contributed by atoms with Crippen molar-refractivity contribution in [2.45, 2.75) is 12.8 Å². The number of para-hydroxylation sites is 1. The topological polar surface area (TPSA) is 54.0 Å². The Morgan fingerprint density at radius 2 is 1.48 bits per heavy atom. The maximum atomic E-state index is 12.4. The van der Waals surface area contributed by atoms with Gasteiger partial charge in [-0.1, -0.05) is 36.4 Å². The van der Waals surface area contributed by atoms with Gasteiger partial charge in [0.05, 0.1) is 26.7 Å². The fraction of sp³-hybridized carbons (Fsp3) is 0.269. The summed E-state index contributed by atoms with van der Waals surface area (Å²) in [5.41, 5.74) is 2.18. The molecule has 0 saturated carbocycles. The Morgan fingerprint density at radius 3 is 2.19 bits per heavy atom. The third-order valence-corrected chi connectivity index (χ3v) is 5.62. The van der Waals surface area contributed by atoms with E-state index in [2.05, 4.69) is 0 Å². The monoisotopic (exact) mass is 418 g/mol. The van der Waals surface area contributed by atoms with Gasteiger partial charge < -0.3 is 18.9 Å². The number of ether oxygens (including phenoxy) is 4. The molecule has 0 aliphatic carbocycles. The lowest BCUT2D eigenvalue weighted by molar-refractivity contribution is -0.141. The number of carbonyl (C=O) groups excluding carboxylic acids is 1. The van der Waals surface area contributed by atoms with E-state index >= 15 is 0 Å². The lowest BCUT2D eigenvalue weighted by Gasteiger charge is -2.17. The van der Waals surface area contributed by atoms with Crippen molar-refractivity contribution in [3.05, 3.63) is 83.9 Å². The first-order chi connectivity index (χ1) is 15.2. The van der Waals surface area contributed by atoms with Gasteiger partial charge in [0.15, 0.2) is 11.5 Å². The second-order valence-electron chi connectivity index (χ2n) is 7.65. The zero-order valence-corrected chi connectivity index (χ0v) is 17.7. The fourth-order valence-corrected chi connectivity index (χ4v) is 3.94. The molecule has 0 amide bonds. The molecule has 1 saturated heterocycles. The van der Waals surface area contributed by atoms with E-state index in [1.165, 1.54) is 0 Å². The summed E-state index contributed by atoms with van der Waals surface area (Å²) in [6, 6.07) is 23.4. The minimum absolute atomic E-state index is 0.117. The molecule has 5 nitrogen and oxygen atoms in total. The van der Waals surface area contributed by atoms with Gasteiger partial charge in [-0.05, 0) is 60.4 Å². The Hall–Kier alpha value is -3.47. The van der Waals surface area contributed by atoms with E-state index in [-0.39, 0.29) is 17.8 Å². The number of carbonyl (C=O) groups is 1. The Balaban J connectivity index is 1.42. The van der Waals surface area contributed by atoms with Crippen LogP contribution in [0.5, 0.6) is 23.0 Å². The van der Waals surface area contributed by atoms with Crippen LogP contribution in [0.2, 0.25) is 0 Å². The zero-order chi connectivity index (χ0) is 21.6. The average Bonchev–Trinajstić information content (AvgIpc) is 3.14. The molecule has 4 rings (SSSR count). The van der Waals surface area contributed by atoms with Gasteiger partial charge in [-0.2, -0.15) is 0 Å². The van der Waals surface area contributed by atoms with Crippen molar-refractivity contribution in [2.24, 2.45) is 11.8 Å². The van der Waals surface area contributed by atoms with Crippen molar-refractivity contribution in [1.82, 2.24) is 0 Å². The molecular weight excluding hydrogens is 392 g/mol. The van der Waals surface area contributed by atoms with E-state index in [1.54, 1.807) is 14.2 Å². The third-order valence-electron chi connectivity index (χ3n) is 5.62. The third kappa shape index (κ3) is 5.00. The summed E-state index contributed by atoms with van der Waals surface area (Å²) in [6.45, 7) is 0.438. The van der Waals surface area contributed by atoms with Crippen molar-refractivity contribution < 1.29 is 23.7 Å². The van der Waals surface area contributed by atoms with Crippen LogP contribution in [0, 0.1) is 11.8 Å². The molecule has 0 aromatic heterocycles. The van der Waals surface area contributed by atoms with Crippen LogP contribution in [0.3, 0.4) is 0 Å². The molecule has 1 aliphatic heterocycles. The highest BCUT2D eigenvalue weighted by Gasteiger charge is 2.36. The van der Waals surface area contributed by atoms with Crippen LogP contribution in [-0.4, -0.2) is 26.8 Å². The van der Waals surface area contributed by atoms with Gasteiger partial charge in [-0.25, -0.2) is 0 Å². The van der Waals surface area contributed by atoms with E-state index in [4.69, 9.17) is 18.9 Å². The van der Waals surface area contributed by atoms with Crippen molar-refractivity contribution in [3.8, 4) is 23.0 Å². The van der Waals surface area contributed by atoms with Crippen LogP contribution in [0.25, 0.3) is 0 Å². The van der Waals surface area contributed by atoms with Crippen molar-refractivity contribution in [1.29, 1.82) is 0 Å². The van der Waals surface area contributed by atoms with Crippen LogP contribution in [0.1, 0.15) is 11.1 Å². The number of hydrogen-bond acceptors (Lipinski definition) is 5. The molecule has 0 spiro atoms. The number of cyclic esters (lactones) is 1. The standard InChI is InChI=1S/C26H26O5/c1-28-24-13-10-19(16-25(24)29-2)14-20-17-30-26(27)23(20)15-18-8-11-22(12-9-18)31-21-6-4-3-5-7-21/h3-13,16,20,23H,14-15,17H2,1-2H3. The molecule has 0 bridgehead atoms. The van der Waals surface area contributed by atoms with Crippen LogP contribution in [-0.2, 0) is 22.4 Å². The highest BCUT2D eigenvalue weighted by atomic mass is 16.5. The Morgan fingerprint density at radius 1 is 0.806 bits per heavy atom. The summed E-state index contributed by atoms with van der Waals surface area (Å²) in [5, 5.41) is 0. The minimum atomic E-state index is -0.172. The maximum Gasteiger partial charge on any atom is 0.309 e. The Bertz CT molecular complexity index is 1010. The smallest absolute Gasteiger partial charge is 0.309 e. The van der Waals surface area contributed by atoms with Crippen LogP contribution < -0.4 is 14.2 Å². The predicted molar refractivity (Wildman–Crippen MR) is 118 cm³/mol. The molecule has 1 heterocycles. The van der Waals surface area contributed by atoms with Crippen LogP contribution in [0.4, 0.5) is 0 Å². The second-order valence-corrected chi connectivity index (χ2v) is 7.65. The predicted octanol–water partition coefficient (Wildman–Crippen LogP) is 5.07. The van der Waals surface area contributed by atoms with Gasteiger partial charge in [-0.3, -0.25) is 4.79 Å². The zero-order valence-electron chi connectivity index (χ0n) is 17.7. The van der Waals surface area contributed by atoms with Crippen LogP contribution >= 0.6 is 0 Å². The van der Waals surface area contributed by atoms with E-state index < -0.39 is 0 Å². The molecule has 0 N–H and O–H groups in total. The van der Waals surface area contributed by atoms with E-state index in [1.807, 2.05) is 72.8 Å².